The molecular formula is C12H13FIN3S. The molecule has 0 saturated carbocycles. The Morgan fingerprint density at radius 3 is 2.83 bits per heavy atom. The van der Waals surface area contributed by atoms with Gasteiger partial charge in [-0.2, -0.15) is 5.10 Å². The summed E-state index contributed by atoms with van der Waals surface area (Å²) in [6, 6.07) is 4.67. The summed E-state index contributed by atoms with van der Waals surface area (Å²) in [6.45, 7) is 5.03. The molecule has 1 aromatic heterocycles. The summed E-state index contributed by atoms with van der Waals surface area (Å²) in [6.07, 6.45) is 0. The minimum atomic E-state index is -0.243. The minimum absolute atomic E-state index is 0.243. The van der Waals surface area contributed by atoms with Crippen molar-refractivity contribution in [1.82, 2.24) is 14.8 Å². The number of aromatic amines is 1. The fourth-order valence-corrected chi connectivity index (χ4v) is 2.65. The number of aromatic nitrogens is 3. The standard InChI is InChI=1S/C12H13FIN3S/c1-7(2)6-17-11(15-16-12(17)18)9-4-3-8(13)5-10(9)14/h3-5,7H,6H2,1-2H3,(H,16,18). The first-order valence-electron chi connectivity index (χ1n) is 5.59. The highest BCUT2D eigenvalue weighted by Crippen LogP contribution is 2.25. The van der Waals surface area contributed by atoms with E-state index in [0.29, 0.717) is 10.7 Å². The van der Waals surface area contributed by atoms with E-state index in [9.17, 15) is 4.39 Å². The molecule has 96 valence electrons. The van der Waals surface area contributed by atoms with Gasteiger partial charge in [0.15, 0.2) is 10.6 Å². The van der Waals surface area contributed by atoms with Crippen molar-refractivity contribution in [2.45, 2.75) is 20.4 Å². The largest absolute Gasteiger partial charge is 0.300 e. The zero-order valence-corrected chi connectivity index (χ0v) is 13.0. The van der Waals surface area contributed by atoms with Crippen LogP contribution in [0.15, 0.2) is 18.2 Å². The van der Waals surface area contributed by atoms with Crippen molar-refractivity contribution in [3.05, 3.63) is 32.4 Å². The van der Waals surface area contributed by atoms with Gasteiger partial charge < -0.3 is 0 Å². The second-order valence-corrected chi connectivity index (χ2v) is 6.03. The van der Waals surface area contributed by atoms with Gasteiger partial charge in [-0.1, -0.05) is 13.8 Å². The van der Waals surface area contributed by atoms with E-state index in [-0.39, 0.29) is 5.82 Å². The molecule has 0 atom stereocenters. The summed E-state index contributed by atoms with van der Waals surface area (Å²) >= 11 is 7.34. The topological polar surface area (TPSA) is 33.6 Å². The van der Waals surface area contributed by atoms with Gasteiger partial charge in [-0.25, -0.2) is 4.39 Å². The monoisotopic (exact) mass is 377 g/mol. The number of nitrogens with one attached hydrogen (secondary N) is 1. The van der Waals surface area contributed by atoms with Gasteiger partial charge in [-0.05, 0) is 58.9 Å². The highest BCUT2D eigenvalue weighted by Gasteiger charge is 2.13. The molecule has 18 heavy (non-hydrogen) atoms. The van der Waals surface area contributed by atoms with E-state index in [1.54, 1.807) is 6.07 Å². The molecule has 0 bridgehead atoms. The van der Waals surface area contributed by atoms with Gasteiger partial charge in [0.05, 0.1) is 0 Å². The molecule has 0 aliphatic carbocycles. The third kappa shape index (κ3) is 2.80. The molecule has 0 amide bonds. The van der Waals surface area contributed by atoms with Crippen LogP contribution in [0.2, 0.25) is 0 Å². The Kier molecular flexibility index (Phi) is 4.16. The van der Waals surface area contributed by atoms with Crippen LogP contribution in [0.4, 0.5) is 4.39 Å². The summed E-state index contributed by atoms with van der Waals surface area (Å²) < 4.78 is 16.5. The molecule has 0 aliphatic heterocycles. The molecule has 0 spiro atoms. The maximum absolute atomic E-state index is 13.1. The summed E-state index contributed by atoms with van der Waals surface area (Å²) in [5, 5.41) is 7.05. The predicted molar refractivity (Wildman–Crippen MR) is 80.4 cm³/mol. The van der Waals surface area contributed by atoms with Gasteiger partial charge in [0.2, 0.25) is 0 Å². The lowest BCUT2D eigenvalue weighted by Crippen LogP contribution is -2.07. The van der Waals surface area contributed by atoms with E-state index in [1.807, 2.05) is 4.57 Å². The summed E-state index contributed by atoms with van der Waals surface area (Å²) in [4.78, 5) is 0. The maximum Gasteiger partial charge on any atom is 0.195 e. The molecule has 0 radical (unpaired) electrons. The quantitative estimate of drug-likeness (QED) is 0.648. The molecule has 0 saturated heterocycles. The van der Waals surface area contributed by atoms with Gasteiger partial charge in [-0.3, -0.25) is 9.67 Å². The Bertz CT molecular complexity index is 618. The number of halogens is 2. The molecule has 0 fully saturated rings. The van der Waals surface area contributed by atoms with Crippen LogP contribution in [0.3, 0.4) is 0 Å². The van der Waals surface area contributed by atoms with E-state index in [2.05, 4.69) is 46.6 Å². The van der Waals surface area contributed by atoms with Crippen molar-refractivity contribution in [3.63, 3.8) is 0 Å². The molecule has 1 heterocycles. The van der Waals surface area contributed by atoms with Crippen molar-refractivity contribution in [3.8, 4) is 11.4 Å². The minimum Gasteiger partial charge on any atom is -0.300 e. The zero-order valence-electron chi connectivity index (χ0n) is 10.1. The smallest absolute Gasteiger partial charge is 0.195 e. The van der Waals surface area contributed by atoms with Crippen LogP contribution in [0.25, 0.3) is 11.4 Å². The summed E-state index contributed by atoms with van der Waals surface area (Å²) in [5.74, 6) is 0.983. The van der Waals surface area contributed by atoms with Gasteiger partial charge in [-0.15, -0.1) is 0 Å². The third-order valence-corrected chi connectivity index (χ3v) is 3.68. The van der Waals surface area contributed by atoms with E-state index < -0.39 is 0 Å². The molecule has 1 aromatic carbocycles. The van der Waals surface area contributed by atoms with Crippen molar-refractivity contribution >= 4 is 34.8 Å². The number of hydrogen-bond donors (Lipinski definition) is 1. The SMILES string of the molecule is CC(C)Cn1c(-c2ccc(F)cc2I)n[nH]c1=S. The molecule has 2 rings (SSSR count). The third-order valence-electron chi connectivity index (χ3n) is 2.48. The summed E-state index contributed by atoms with van der Waals surface area (Å²) in [5.41, 5.74) is 0.894. The van der Waals surface area contributed by atoms with E-state index in [1.165, 1.54) is 12.1 Å². The average Bonchev–Trinajstić information content (AvgIpc) is 2.60. The van der Waals surface area contributed by atoms with Crippen LogP contribution >= 0.6 is 34.8 Å². The second-order valence-electron chi connectivity index (χ2n) is 4.48. The lowest BCUT2D eigenvalue weighted by Gasteiger charge is -2.10. The lowest BCUT2D eigenvalue weighted by molar-refractivity contribution is 0.521. The first-order chi connectivity index (χ1) is 8.49. The number of hydrogen-bond acceptors (Lipinski definition) is 2. The molecule has 3 nitrogen and oxygen atoms in total. The molecule has 2 aromatic rings. The van der Waals surface area contributed by atoms with Crippen molar-refractivity contribution < 1.29 is 4.39 Å². The highest BCUT2D eigenvalue weighted by atomic mass is 127. The molecule has 6 heteroatoms. The Morgan fingerprint density at radius 2 is 2.22 bits per heavy atom. The predicted octanol–water partition coefficient (Wildman–Crippen LogP) is 4.01. The summed E-state index contributed by atoms with van der Waals surface area (Å²) in [7, 11) is 0. The Hall–Kier alpha value is -0.760. The van der Waals surface area contributed by atoms with Crippen molar-refractivity contribution in [1.29, 1.82) is 0 Å². The first kappa shape index (κ1) is 13.7. The van der Waals surface area contributed by atoms with Crippen LogP contribution in [-0.4, -0.2) is 14.8 Å². The van der Waals surface area contributed by atoms with Gasteiger partial charge in [0.1, 0.15) is 5.82 Å². The van der Waals surface area contributed by atoms with Crippen LogP contribution in [0.1, 0.15) is 13.8 Å². The van der Waals surface area contributed by atoms with Crippen LogP contribution < -0.4 is 0 Å². The number of benzene rings is 1. The van der Waals surface area contributed by atoms with Crippen LogP contribution in [-0.2, 0) is 6.54 Å². The highest BCUT2D eigenvalue weighted by molar-refractivity contribution is 14.1. The Balaban J connectivity index is 2.54. The number of rotatable bonds is 3. The lowest BCUT2D eigenvalue weighted by atomic mass is 10.2. The fourth-order valence-electron chi connectivity index (χ4n) is 1.73. The first-order valence-corrected chi connectivity index (χ1v) is 7.08. The molecule has 1 N–H and O–H groups in total. The molecule has 0 aliphatic rings. The van der Waals surface area contributed by atoms with Crippen molar-refractivity contribution in [2.75, 3.05) is 0 Å². The van der Waals surface area contributed by atoms with E-state index in [0.717, 1.165) is 21.5 Å². The molecule has 0 unspecified atom stereocenters. The Morgan fingerprint density at radius 1 is 1.50 bits per heavy atom. The van der Waals surface area contributed by atoms with Gasteiger partial charge in [0, 0.05) is 15.7 Å². The van der Waals surface area contributed by atoms with Crippen LogP contribution in [0, 0.1) is 20.1 Å². The van der Waals surface area contributed by atoms with Gasteiger partial charge >= 0.3 is 0 Å². The van der Waals surface area contributed by atoms with Gasteiger partial charge in [0.25, 0.3) is 0 Å². The van der Waals surface area contributed by atoms with Crippen molar-refractivity contribution in [2.24, 2.45) is 5.92 Å². The number of H-pyrrole nitrogens is 1. The molecular weight excluding hydrogens is 364 g/mol. The number of nitrogens with zero attached hydrogens (tertiary/aromatic N) is 2. The fraction of sp³-hybridized carbons (Fsp3) is 0.333. The maximum atomic E-state index is 13.1. The van der Waals surface area contributed by atoms with E-state index >= 15 is 0 Å². The zero-order chi connectivity index (χ0) is 13.3. The second kappa shape index (κ2) is 5.48. The average molecular weight is 377 g/mol. The van der Waals surface area contributed by atoms with E-state index in [4.69, 9.17) is 12.2 Å². The normalized spacial score (nSPS) is 11.2. The van der Waals surface area contributed by atoms with Crippen LogP contribution in [0.5, 0.6) is 0 Å². The Labute approximate surface area is 124 Å².